The van der Waals surface area contributed by atoms with Gasteiger partial charge in [0, 0.05) is 45.1 Å². The number of ether oxygens (including phenoxy) is 3. The van der Waals surface area contributed by atoms with E-state index in [0.717, 1.165) is 21.1 Å². The lowest BCUT2D eigenvalue weighted by Crippen LogP contribution is -2.51. The SMILES string of the molecule is [2H]c1c(OC)c(OC)c([2H])c2c1C1([2H])CC([2H])(OC(=O)[C@@H](N)C(C)C)C(C([2H])([2H])C([2H])(C)C([2H])([2H])[2H])CN1C([2H])([2H])C2([2H])[2H]. The van der Waals surface area contributed by atoms with E-state index < -0.39 is 116 Å². The van der Waals surface area contributed by atoms with Crippen LogP contribution in [0, 0.1) is 17.7 Å². The van der Waals surface area contributed by atoms with Crippen molar-refractivity contribution in [1.29, 1.82) is 0 Å². The van der Waals surface area contributed by atoms with Crippen molar-refractivity contribution in [2.24, 2.45) is 23.5 Å². The van der Waals surface area contributed by atoms with Gasteiger partial charge in [-0.25, -0.2) is 0 Å². The van der Waals surface area contributed by atoms with Crippen LogP contribution in [-0.2, 0) is 15.9 Å². The molecule has 1 aromatic carbocycles. The minimum Gasteiger partial charge on any atom is -0.493 e. The Morgan fingerprint density at radius 3 is 2.77 bits per heavy atom. The highest BCUT2D eigenvalue weighted by molar-refractivity contribution is 5.76. The number of nitrogens with two attached hydrogens (primary N) is 1. The van der Waals surface area contributed by atoms with Gasteiger partial charge < -0.3 is 19.9 Å². The first-order chi connectivity index (χ1) is 19.6. The lowest BCUT2D eigenvalue weighted by molar-refractivity contribution is -0.160. The normalized spacial score (nSPS) is 42.8. The molecule has 1 aromatic rings. The number of methoxy groups -OCH3 is 2. The Labute approximate surface area is 200 Å². The molecule has 0 amide bonds. The zero-order chi connectivity index (χ0) is 34.4. The standard InChI is InChI=1S/C24H38N2O4/c1-14(2)9-17-13-26-8-7-16-10-21(28-5)22(29-6)11-18(16)19(26)12-20(17)30-24(27)23(25)15(3)4/h10-11,14-15,17,19-20,23H,7-9,12-13,25H2,1-6H3/t17?,19?,20?,23-/m0/s1/i1D3,7D2,8D2,9D2,10D,11D,14D,19D,20D/t14?,17?,19?,20?,23-. The van der Waals surface area contributed by atoms with Crippen LogP contribution in [0.2, 0.25) is 0 Å². The second-order valence-corrected chi connectivity index (χ2v) is 7.52. The van der Waals surface area contributed by atoms with E-state index in [0.29, 0.717) is 4.90 Å². The summed E-state index contributed by atoms with van der Waals surface area (Å²) in [5.74, 6) is -7.67. The number of carbonyl (C=O) groups excluding carboxylic acids is 1. The van der Waals surface area contributed by atoms with Gasteiger partial charge in [-0.2, -0.15) is 0 Å². The van der Waals surface area contributed by atoms with Crippen molar-refractivity contribution in [3.63, 3.8) is 0 Å². The summed E-state index contributed by atoms with van der Waals surface area (Å²) in [7, 11) is 2.26. The van der Waals surface area contributed by atoms with Gasteiger partial charge in [0.25, 0.3) is 0 Å². The van der Waals surface area contributed by atoms with Crippen molar-refractivity contribution in [2.75, 3.05) is 27.3 Å². The molecule has 0 spiro atoms. The Morgan fingerprint density at radius 2 is 2.13 bits per heavy atom. The lowest BCUT2D eigenvalue weighted by Gasteiger charge is -2.47. The summed E-state index contributed by atoms with van der Waals surface area (Å²) in [5.41, 5.74) is 4.59. The molecule has 3 rings (SSSR count). The predicted octanol–water partition coefficient (Wildman–Crippen LogP) is 3.56. The molecule has 1 saturated heterocycles. The Bertz CT molecular complexity index is 1320. The quantitative estimate of drug-likeness (QED) is 0.664. The molecule has 0 saturated carbocycles. The minimum absolute atomic E-state index is 0.394. The predicted molar refractivity (Wildman–Crippen MR) is 118 cm³/mol. The molecule has 5 atom stereocenters. The number of hydrogen-bond acceptors (Lipinski definition) is 6. The van der Waals surface area contributed by atoms with Gasteiger partial charge in [-0.05, 0) is 47.8 Å². The van der Waals surface area contributed by atoms with Crippen LogP contribution in [0.15, 0.2) is 12.1 Å². The third-order valence-corrected chi connectivity index (χ3v) is 4.98. The zero-order valence-electron chi connectivity index (χ0n) is 31.8. The fourth-order valence-corrected chi connectivity index (χ4v) is 3.27. The molecule has 4 unspecified atom stereocenters. The average Bonchev–Trinajstić information content (AvgIpc) is 2.86. The van der Waals surface area contributed by atoms with Crippen molar-refractivity contribution >= 4 is 5.97 Å². The Kier molecular flexibility index (Phi) is 3.41. The monoisotopic (exact) mass is 432 g/mol. The highest BCUT2D eigenvalue weighted by atomic mass is 16.5. The van der Waals surface area contributed by atoms with Gasteiger partial charge in [0.1, 0.15) is 12.1 Å². The average molecular weight is 433 g/mol. The molecule has 6 heteroatoms. The van der Waals surface area contributed by atoms with Crippen LogP contribution in [0.3, 0.4) is 0 Å². The molecule has 30 heavy (non-hydrogen) atoms. The topological polar surface area (TPSA) is 74.0 Å². The van der Waals surface area contributed by atoms with E-state index in [1.165, 1.54) is 0 Å². The molecule has 6 nitrogen and oxygen atoms in total. The summed E-state index contributed by atoms with van der Waals surface area (Å²) in [5, 5.41) is 0. The second-order valence-electron chi connectivity index (χ2n) is 7.52. The van der Waals surface area contributed by atoms with E-state index in [1.54, 1.807) is 13.8 Å². The maximum absolute atomic E-state index is 13.2. The molecule has 2 heterocycles. The van der Waals surface area contributed by atoms with E-state index in [9.17, 15) is 7.54 Å². The van der Waals surface area contributed by atoms with Crippen LogP contribution >= 0.6 is 0 Å². The number of esters is 1. The Morgan fingerprint density at radius 1 is 1.43 bits per heavy atom. The maximum atomic E-state index is 13.2. The lowest BCUT2D eigenvalue weighted by atomic mass is 9.79. The summed E-state index contributed by atoms with van der Waals surface area (Å²) in [6, 6.07) is -5.45. The number of rotatable bonds is 7. The van der Waals surface area contributed by atoms with E-state index in [-0.39, 0.29) is 0 Å². The number of piperidine rings is 1. The highest BCUT2D eigenvalue weighted by Gasteiger charge is 2.41. The number of benzene rings is 1. The van der Waals surface area contributed by atoms with Crippen LogP contribution in [0.25, 0.3) is 0 Å². The largest absolute Gasteiger partial charge is 0.493 e. The molecule has 1 fully saturated rings. The molecular formula is C24H38N2O4. The maximum Gasteiger partial charge on any atom is 0.323 e. The van der Waals surface area contributed by atoms with Crippen molar-refractivity contribution in [3.05, 3.63) is 23.2 Å². The zero-order valence-corrected chi connectivity index (χ0v) is 17.8. The molecule has 0 bridgehead atoms. The molecule has 2 aliphatic heterocycles. The Balaban J connectivity index is 2.46. The summed E-state index contributed by atoms with van der Waals surface area (Å²) < 4.78 is 138. The third-order valence-electron chi connectivity index (χ3n) is 4.98. The van der Waals surface area contributed by atoms with E-state index in [1.807, 2.05) is 0 Å². The fraction of sp³-hybridized carbons (Fsp3) is 0.708. The van der Waals surface area contributed by atoms with Crippen molar-refractivity contribution < 1.29 is 38.2 Å². The molecule has 0 radical (unpaired) electrons. The number of hydrogen-bond donors (Lipinski definition) is 1. The first-order valence-corrected chi connectivity index (χ1v) is 9.65. The van der Waals surface area contributed by atoms with Gasteiger partial charge in [-0.15, -0.1) is 0 Å². The summed E-state index contributed by atoms with van der Waals surface area (Å²) in [6.07, 6.45) is -10.5. The minimum atomic E-state index is -3.30. The number of fused-ring (bicyclic) bond motifs is 3. The van der Waals surface area contributed by atoms with Crippen molar-refractivity contribution in [1.82, 2.24) is 4.90 Å². The summed E-state index contributed by atoms with van der Waals surface area (Å²) >= 11 is 0. The third kappa shape index (κ3) is 4.75. The van der Waals surface area contributed by atoms with Gasteiger partial charge in [0.2, 0.25) is 0 Å². The van der Waals surface area contributed by atoms with Crippen molar-refractivity contribution in [3.8, 4) is 11.5 Å². The molecule has 2 N–H and O–H groups in total. The van der Waals surface area contributed by atoms with Crippen LogP contribution in [0.4, 0.5) is 0 Å². The van der Waals surface area contributed by atoms with E-state index in [2.05, 4.69) is 0 Å². The molecule has 0 aromatic heterocycles. The van der Waals surface area contributed by atoms with Gasteiger partial charge in [-0.3, -0.25) is 9.69 Å². The van der Waals surface area contributed by atoms with E-state index in [4.69, 9.17) is 36.4 Å². The van der Waals surface area contributed by atoms with Crippen LogP contribution in [-0.4, -0.2) is 50.3 Å². The van der Waals surface area contributed by atoms with Gasteiger partial charge in [-0.1, -0.05) is 27.6 Å². The summed E-state index contributed by atoms with van der Waals surface area (Å²) in [4.78, 5) is 13.7. The van der Waals surface area contributed by atoms with Gasteiger partial charge in [0.05, 0.1) is 19.7 Å². The Hall–Kier alpha value is -1.79. The summed E-state index contributed by atoms with van der Waals surface area (Å²) in [6.45, 7) is -3.77. The van der Waals surface area contributed by atoms with Gasteiger partial charge in [0.15, 0.2) is 11.5 Å². The van der Waals surface area contributed by atoms with Crippen LogP contribution < -0.4 is 15.2 Å². The van der Waals surface area contributed by atoms with E-state index >= 15 is 0 Å². The molecule has 0 aliphatic carbocycles. The molecular weight excluding hydrogens is 380 g/mol. The van der Waals surface area contributed by atoms with Crippen LogP contribution in [0.5, 0.6) is 11.5 Å². The fourth-order valence-electron chi connectivity index (χ4n) is 3.27. The second kappa shape index (κ2) is 9.56. The molecule has 2 aliphatic rings. The smallest absolute Gasteiger partial charge is 0.323 e. The van der Waals surface area contributed by atoms with Crippen molar-refractivity contribution in [2.45, 2.75) is 64.9 Å². The highest BCUT2D eigenvalue weighted by Crippen LogP contribution is 2.44. The first-order valence-electron chi connectivity index (χ1n) is 16.7. The van der Waals surface area contributed by atoms with Crippen LogP contribution in [0.1, 0.15) is 76.8 Å². The number of carbonyl (C=O) groups is 1. The molecule has 168 valence electrons. The first kappa shape index (κ1) is 10.7. The number of nitrogens with zero attached hydrogens (tertiary/aromatic N) is 1. The van der Waals surface area contributed by atoms with Gasteiger partial charge >= 0.3 is 5.97 Å².